The minimum Gasteiger partial charge on any atom is -0.302 e. The van der Waals surface area contributed by atoms with Crippen LogP contribution in [0, 0.1) is 34.5 Å². The summed E-state index contributed by atoms with van der Waals surface area (Å²) in [4.78, 5) is 11.9. The summed E-state index contributed by atoms with van der Waals surface area (Å²) in [5.74, 6) is 2.67. The van der Waals surface area contributed by atoms with Gasteiger partial charge in [0.25, 0.3) is 0 Å². The molecule has 1 fully saturated rings. The van der Waals surface area contributed by atoms with Crippen molar-refractivity contribution in [1.82, 2.24) is 0 Å². The summed E-state index contributed by atoms with van der Waals surface area (Å²) in [5.41, 5.74) is -0.725. The Labute approximate surface area is 201 Å². The third-order valence-corrected chi connectivity index (χ3v) is 8.32. The molecule has 2 heteroatoms. The monoisotopic (exact) mass is 445 g/mol. The van der Waals surface area contributed by atoms with Crippen molar-refractivity contribution in [2.24, 2.45) is 23.2 Å². The van der Waals surface area contributed by atoms with Crippen LogP contribution in [-0.2, 0) is 4.79 Å². The number of hydrogen-bond acceptors (Lipinski definition) is 2. The van der Waals surface area contributed by atoms with E-state index in [-0.39, 0.29) is 0 Å². The molecular weight excluding hydrogens is 390 g/mol. The average molecular weight is 446 g/mol. The van der Waals surface area contributed by atoms with Gasteiger partial charge in [0.2, 0.25) is 0 Å². The minimum absolute atomic E-state index is 0.725. The van der Waals surface area contributed by atoms with Gasteiger partial charge in [-0.15, -0.1) is 0 Å². The predicted molar refractivity (Wildman–Crippen MR) is 139 cm³/mol. The maximum atomic E-state index is 11.9. The van der Waals surface area contributed by atoms with Gasteiger partial charge in [-0.05, 0) is 43.4 Å². The molecular formula is C30H55NO. The van der Waals surface area contributed by atoms with Crippen molar-refractivity contribution in [2.45, 2.75) is 156 Å². The molecule has 2 unspecified atom stereocenters. The third kappa shape index (κ3) is 11.9. The third-order valence-electron chi connectivity index (χ3n) is 8.32. The molecule has 32 heavy (non-hydrogen) atoms. The maximum Gasteiger partial charge on any atom is 0.140 e. The SMILES string of the molecule is CCCCCCCC(C#N)(C=O)CCCC(CCCC)C1CCC(CCCCCC)CC1. The minimum atomic E-state index is -0.725. The summed E-state index contributed by atoms with van der Waals surface area (Å²) in [6.45, 7) is 6.82. The highest BCUT2D eigenvalue weighted by molar-refractivity contribution is 5.63. The smallest absolute Gasteiger partial charge is 0.140 e. The second-order valence-electron chi connectivity index (χ2n) is 11.0. The molecule has 186 valence electrons. The highest BCUT2D eigenvalue weighted by Gasteiger charge is 2.31. The van der Waals surface area contributed by atoms with Gasteiger partial charge in [-0.25, -0.2) is 0 Å². The molecule has 1 saturated carbocycles. The lowest BCUT2D eigenvalue weighted by Crippen LogP contribution is -2.24. The first-order valence-electron chi connectivity index (χ1n) is 14.5. The van der Waals surface area contributed by atoms with Gasteiger partial charge in [-0.3, -0.25) is 0 Å². The largest absolute Gasteiger partial charge is 0.302 e. The predicted octanol–water partition coefficient (Wildman–Crippen LogP) is 9.81. The van der Waals surface area contributed by atoms with Gasteiger partial charge in [0.05, 0.1) is 6.07 Å². The van der Waals surface area contributed by atoms with Crippen LogP contribution in [-0.4, -0.2) is 6.29 Å². The van der Waals surface area contributed by atoms with Crippen LogP contribution in [0.3, 0.4) is 0 Å². The second-order valence-corrected chi connectivity index (χ2v) is 11.0. The molecule has 0 aromatic carbocycles. The Balaban J connectivity index is 2.46. The number of rotatable bonds is 20. The summed E-state index contributed by atoms with van der Waals surface area (Å²) >= 11 is 0. The topological polar surface area (TPSA) is 40.9 Å². The summed E-state index contributed by atoms with van der Waals surface area (Å²) < 4.78 is 0. The van der Waals surface area contributed by atoms with Crippen LogP contribution in [0.4, 0.5) is 0 Å². The van der Waals surface area contributed by atoms with Crippen LogP contribution >= 0.6 is 0 Å². The lowest BCUT2D eigenvalue weighted by molar-refractivity contribution is -0.114. The van der Waals surface area contributed by atoms with Gasteiger partial charge < -0.3 is 4.79 Å². The van der Waals surface area contributed by atoms with E-state index in [0.29, 0.717) is 0 Å². The molecule has 2 atom stereocenters. The normalized spacial score (nSPS) is 21.6. The van der Waals surface area contributed by atoms with Crippen molar-refractivity contribution < 1.29 is 4.79 Å². The Morgan fingerprint density at radius 3 is 1.94 bits per heavy atom. The molecule has 0 N–H and O–H groups in total. The van der Waals surface area contributed by atoms with Gasteiger partial charge in [-0.2, -0.15) is 5.26 Å². The number of unbranched alkanes of at least 4 members (excludes halogenated alkanes) is 8. The zero-order valence-electron chi connectivity index (χ0n) is 22.0. The first-order chi connectivity index (χ1) is 15.6. The van der Waals surface area contributed by atoms with Crippen molar-refractivity contribution in [3.63, 3.8) is 0 Å². The molecule has 0 bridgehead atoms. The molecule has 1 aliphatic carbocycles. The van der Waals surface area contributed by atoms with Gasteiger partial charge in [-0.1, -0.05) is 130 Å². The molecule has 0 spiro atoms. The van der Waals surface area contributed by atoms with Gasteiger partial charge in [0.1, 0.15) is 11.7 Å². The van der Waals surface area contributed by atoms with Crippen molar-refractivity contribution in [2.75, 3.05) is 0 Å². The summed E-state index contributed by atoms with van der Waals surface area (Å²) in [6.07, 6.45) is 27.4. The van der Waals surface area contributed by atoms with Crippen LogP contribution < -0.4 is 0 Å². The number of carbonyl (C=O) groups excluding carboxylic acids is 1. The Bertz CT molecular complexity index is 488. The van der Waals surface area contributed by atoms with E-state index in [4.69, 9.17) is 0 Å². The Hall–Kier alpha value is -0.840. The van der Waals surface area contributed by atoms with Gasteiger partial charge in [0, 0.05) is 0 Å². The van der Waals surface area contributed by atoms with E-state index in [1.165, 1.54) is 103 Å². The van der Waals surface area contributed by atoms with Crippen molar-refractivity contribution in [1.29, 1.82) is 5.26 Å². The first-order valence-corrected chi connectivity index (χ1v) is 14.5. The fourth-order valence-corrected chi connectivity index (χ4v) is 5.99. The van der Waals surface area contributed by atoms with Crippen LogP contribution in [0.25, 0.3) is 0 Å². The fraction of sp³-hybridized carbons (Fsp3) is 0.933. The second kappa shape index (κ2) is 18.6. The number of nitriles is 1. The molecule has 0 amide bonds. The molecule has 0 aliphatic heterocycles. The highest BCUT2D eigenvalue weighted by Crippen LogP contribution is 2.40. The Morgan fingerprint density at radius 2 is 1.34 bits per heavy atom. The van der Waals surface area contributed by atoms with Crippen molar-refractivity contribution in [3.05, 3.63) is 0 Å². The van der Waals surface area contributed by atoms with Crippen LogP contribution in [0.2, 0.25) is 0 Å². The number of hydrogen-bond donors (Lipinski definition) is 0. The molecule has 0 aromatic heterocycles. The van der Waals surface area contributed by atoms with E-state index in [1.54, 1.807) is 0 Å². The fourth-order valence-electron chi connectivity index (χ4n) is 5.99. The lowest BCUT2D eigenvalue weighted by atomic mass is 9.71. The van der Waals surface area contributed by atoms with E-state index in [1.807, 2.05) is 0 Å². The lowest BCUT2D eigenvalue weighted by Gasteiger charge is -2.34. The Kier molecular flexibility index (Phi) is 16.9. The van der Waals surface area contributed by atoms with E-state index < -0.39 is 5.41 Å². The van der Waals surface area contributed by atoms with E-state index in [9.17, 15) is 10.1 Å². The quantitative estimate of drug-likeness (QED) is 0.138. The van der Waals surface area contributed by atoms with E-state index >= 15 is 0 Å². The zero-order valence-corrected chi connectivity index (χ0v) is 22.0. The average Bonchev–Trinajstić information content (AvgIpc) is 2.83. The summed E-state index contributed by atoms with van der Waals surface area (Å²) in [6, 6.07) is 2.42. The molecule has 0 heterocycles. The molecule has 2 nitrogen and oxygen atoms in total. The van der Waals surface area contributed by atoms with E-state index in [2.05, 4.69) is 26.8 Å². The number of nitrogens with zero attached hydrogens (tertiary/aromatic N) is 1. The number of aldehydes is 1. The molecule has 1 aliphatic rings. The zero-order chi connectivity index (χ0) is 23.5. The van der Waals surface area contributed by atoms with Crippen LogP contribution in [0.15, 0.2) is 0 Å². The van der Waals surface area contributed by atoms with Crippen LogP contribution in [0.1, 0.15) is 156 Å². The maximum absolute atomic E-state index is 11.9. The highest BCUT2D eigenvalue weighted by atomic mass is 16.1. The summed E-state index contributed by atoms with van der Waals surface area (Å²) in [5, 5.41) is 9.79. The van der Waals surface area contributed by atoms with Crippen molar-refractivity contribution >= 4 is 6.29 Å². The standard InChI is InChI=1S/C30H55NO/c1-4-7-10-12-14-23-30(25-31,26-32)24-15-18-28(17-9-6-3)29-21-19-27(20-22-29)16-13-11-8-5-2/h26-29H,4-24H2,1-3H3. The van der Waals surface area contributed by atoms with E-state index in [0.717, 1.165) is 56.1 Å². The van der Waals surface area contributed by atoms with Gasteiger partial charge >= 0.3 is 0 Å². The molecule has 0 saturated heterocycles. The Morgan fingerprint density at radius 1 is 0.781 bits per heavy atom. The molecule has 0 aromatic rings. The first kappa shape index (κ1) is 29.2. The summed E-state index contributed by atoms with van der Waals surface area (Å²) in [7, 11) is 0. The number of carbonyl (C=O) groups is 1. The molecule has 0 radical (unpaired) electrons. The van der Waals surface area contributed by atoms with Gasteiger partial charge in [0.15, 0.2) is 0 Å². The van der Waals surface area contributed by atoms with Crippen LogP contribution in [0.5, 0.6) is 0 Å². The molecule has 1 rings (SSSR count). The van der Waals surface area contributed by atoms with Crippen molar-refractivity contribution in [3.8, 4) is 6.07 Å².